The highest BCUT2D eigenvalue weighted by Crippen LogP contribution is 2.24. The Morgan fingerprint density at radius 2 is 2.04 bits per heavy atom. The minimum atomic E-state index is -0.162. The number of piperazine rings is 1. The highest BCUT2D eigenvalue weighted by atomic mass is 19.1. The van der Waals surface area contributed by atoms with Gasteiger partial charge in [-0.25, -0.2) is 4.39 Å². The predicted molar refractivity (Wildman–Crippen MR) is 91.1 cm³/mol. The lowest BCUT2D eigenvalue weighted by molar-refractivity contribution is 0.0974. The molecular formula is C18H25FN4. The molecule has 3 heterocycles. The number of nitrogens with one attached hydrogen (secondary N) is 2. The molecule has 1 aromatic carbocycles. The van der Waals surface area contributed by atoms with Gasteiger partial charge in [0, 0.05) is 61.9 Å². The third-order valence-corrected chi connectivity index (χ3v) is 5.46. The van der Waals surface area contributed by atoms with E-state index >= 15 is 0 Å². The average Bonchev–Trinajstić information content (AvgIpc) is 3.19. The van der Waals surface area contributed by atoms with Crippen molar-refractivity contribution >= 4 is 10.9 Å². The van der Waals surface area contributed by atoms with Gasteiger partial charge in [-0.15, -0.1) is 0 Å². The summed E-state index contributed by atoms with van der Waals surface area (Å²) in [6.07, 6.45) is 1.28. The molecule has 4 nitrogen and oxygen atoms in total. The number of hydrogen-bond acceptors (Lipinski definition) is 3. The third kappa shape index (κ3) is 3.01. The van der Waals surface area contributed by atoms with E-state index in [-0.39, 0.29) is 5.82 Å². The van der Waals surface area contributed by atoms with Crippen molar-refractivity contribution in [1.82, 2.24) is 20.1 Å². The van der Waals surface area contributed by atoms with Crippen LogP contribution in [0.25, 0.3) is 10.9 Å². The first-order valence-corrected chi connectivity index (χ1v) is 8.64. The molecule has 2 aliphatic heterocycles. The largest absolute Gasteiger partial charge is 0.357 e. The minimum absolute atomic E-state index is 0.162. The predicted octanol–water partition coefficient (Wildman–Crippen LogP) is 2.09. The molecule has 0 amide bonds. The van der Waals surface area contributed by atoms with Crippen LogP contribution in [0.4, 0.5) is 4.39 Å². The van der Waals surface area contributed by atoms with Gasteiger partial charge in [-0.1, -0.05) is 0 Å². The van der Waals surface area contributed by atoms with Crippen molar-refractivity contribution in [3.8, 4) is 0 Å². The summed E-state index contributed by atoms with van der Waals surface area (Å²) in [5.41, 5.74) is 3.44. The highest BCUT2D eigenvalue weighted by Gasteiger charge is 2.26. The molecule has 0 spiro atoms. The molecule has 2 N–H and O–H groups in total. The van der Waals surface area contributed by atoms with E-state index in [1.165, 1.54) is 23.7 Å². The standard InChI is InChI=1S/C18H25FN4/c1-13-16-10-14(19)2-3-17(16)21-18(13)12-22-6-8-23(9-7-22)15-4-5-20-11-15/h2-3,10,15,20-21H,4-9,11-12H2,1H3/t15-/m1/s1. The Morgan fingerprint density at radius 3 is 2.78 bits per heavy atom. The molecule has 2 aromatic rings. The van der Waals surface area contributed by atoms with Gasteiger partial charge in [0.15, 0.2) is 0 Å². The maximum absolute atomic E-state index is 13.4. The zero-order valence-corrected chi connectivity index (χ0v) is 13.7. The molecule has 0 radical (unpaired) electrons. The van der Waals surface area contributed by atoms with Crippen molar-refractivity contribution in [3.05, 3.63) is 35.3 Å². The van der Waals surface area contributed by atoms with Gasteiger partial charge >= 0.3 is 0 Å². The van der Waals surface area contributed by atoms with E-state index in [4.69, 9.17) is 0 Å². The summed E-state index contributed by atoms with van der Waals surface area (Å²) in [7, 11) is 0. The molecule has 1 aromatic heterocycles. The maximum Gasteiger partial charge on any atom is 0.123 e. The van der Waals surface area contributed by atoms with Crippen LogP contribution in [0.15, 0.2) is 18.2 Å². The number of rotatable bonds is 3. The monoisotopic (exact) mass is 316 g/mol. The second-order valence-electron chi connectivity index (χ2n) is 6.88. The summed E-state index contributed by atoms with van der Waals surface area (Å²) in [6.45, 7) is 9.86. The SMILES string of the molecule is Cc1c(CN2CCN([C@@H]3CCNC3)CC2)[nH]c2ccc(F)cc12. The third-order valence-electron chi connectivity index (χ3n) is 5.46. The Morgan fingerprint density at radius 1 is 1.22 bits per heavy atom. The van der Waals surface area contributed by atoms with Crippen LogP contribution >= 0.6 is 0 Å². The van der Waals surface area contributed by atoms with Crippen molar-refractivity contribution in [2.45, 2.75) is 25.9 Å². The molecule has 4 rings (SSSR count). The molecular weight excluding hydrogens is 291 g/mol. The molecule has 23 heavy (non-hydrogen) atoms. The lowest BCUT2D eigenvalue weighted by Crippen LogP contribution is -2.50. The van der Waals surface area contributed by atoms with E-state index in [9.17, 15) is 4.39 Å². The van der Waals surface area contributed by atoms with E-state index in [1.54, 1.807) is 6.07 Å². The summed E-state index contributed by atoms with van der Waals surface area (Å²) >= 11 is 0. The number of aromatic nitrogens is 1. The molecule has 0 unspecified atom stereocenters. The number of fused-ring (bicyclic) bond motifs is 1. The summed E-state index contributed by atoms with van der Waals surface area (Å²) in [6, 6.07) is 5.73. The van der Waals surface area contributed by atoms with E-state index in [1.807, 2.05) is 6.07 Å². The van der Waals surface area contributed by atoms with Crippen molar-refractivity contribution < 1.29 is 4.39 Å². The number of nitrogens with zero attached hydrogens (tertiary/aromatic N) is 2. The summed E-state index contributed by atoms with van der Waals surface area (Å²) < 4.78 is 13.4. The first-order valence-electron chi connectivity index (χ1n) is 8.64. The molecule has 0 saturated carbocycles. The van der Waals surface area contributed by atoms with Gasteiger partial charge in [0.2, 0.25) is 0 Å². The number of halogens is 1. The molecule has 0 bridgehead atoms. The first kappa shape index (κ1) is 15.1. The summed E-state index contributed by atoms with van der Waals surface area (Å²) in [5.74, 6) is -0.162. The lowest BCUT2D eigenvalue weighted by Gasteiger charge is -2.37. The van der Waals surface area contributed by atoms with E-state index in [0.29, 0.717) is 0 Å². The Kier molecular flexibility index (Phi) is 4.09. The first-order chi connectivity index (χ1) is 11.2. The van der Waals surface area contributed by atoms with Gasteiger partial charge in [0.25, 0.3) is 0 Å². The van der Waals surface area contributed by atoms with E-state index in [0.717, 1.165) is 62.8 Å². The van der Waals surface area contributed by atoms with Gasteiger partial charge < -0.3 is 10.3 Å². The number of H-pyrrole nitrogens is 1. The lowest BCUT2D eigenvalue weighted by atomic mass is 10.1. The quantitative estimate of drug-likeness (QED) is 0.910. The number of hydrogen-bond donors (Lipinski definition) is 2. The van der Waals surface area contributed by atoms with Crippen molar-refractivity contribution in [2.75, 3.05) is 39.3 Å². The summed E-state index contributed by atoms with van der Waals surface area (Å²) in [5, 5.41) is 4.47. The fraction of sp³-hybridized carbons (Fsp3) is 0.556. The maximum atomic E-state index is 13.4. The van der Waals surface area contributed by atoms with Crippen LogP contribution in [0.3, 0.4) is 0 Å². The number of benzene rings is 1. The van der Waals surface area contributed by atoms with E-state index < -0.39 is 0 Å². The second kappa shape index (κ2) is 6.23. The van der Waals surface area contributed by atoms with Crippen LogP contribution in [-0.2, 0) is 6.54 Å². The minimum Gasteiger partial charge on any atom is -0.357 e. The van der Waals surface area contributed by atoms with Crippen LogP contribution in [-0.4, -0.2) is 60.1 Å². The van der Waals surface area contributed by atoms with Crippen LogP contribution in [0.1, 0.15) is 17.7 Å². The fourth-order valence-electron chi connectivity index (χ4n) is 3.97. The highest BCUT2D eigenvalue weighted by molar-refractivity contribution is 5.84. The zero-order chi connectivity index (χ0) is 15.8. The van der Waals surface area contributed by atoms with Gasteiger partial charge in [-0.3, -0.25) is 9.80 Å². The second-order valence-corrected chi connectivity index (χ2v) is 6.88. The van der Waals surface area contributed by atoms with E-state index in [2.05, 4.69) is 27.0 Å². The Balaban J connectivity index is 1.42. The fourth-order valence-corrected chi connectivity index (χ4v) is 3.97. The molecule has 5 heteroatoms. The molecule has 2 aliphatic rings. The molecule has 2 saturated heterocycles. The summed E-state index contributed by atoms with van der Waals surface area (Å²) in [4.78, 5) is 8.61. The van der Waals surface area contributed by atoms with Gasteiger partial charge in [-0.2, -0.15) is 0 Å². The molecule has 1 atom stereocenters. The van der Waals surface area contributed by atoms with Crippen LogP contribution in [0.2, 0.25) is 0 Å². The van der Waals surface area contributed by atoms with Gasteiger partial charge in [0.05, 0.1) is 0 Å². The Hall–Kier alpha value is -1.43. The zero-order valence-electron chi connectivity index (χ0n) is 13.7. The van der Waals surface area contributed by atoms with Crippen LogP contribution in [0, 0.1) is 12.7 Å². The van der Waals surface area contributed by atoms with Crippen LogP contribution in [0.5, 0.6) is 0 Å². The smallest absolute Gasteiger partial charge is 0.123 e. The normalized spacial score (nSPS) is 23.8. The van der Waals surface area contributed by atoms with Crippen molar-refractivity contribution in [1.29, 1.82) is 0 Å². The number of aryl methyl sites for hydroxylation is 1. The molecule has 124 valence electrons. The molecule has 0 aliphatic carbocycles. The van der Waals surface area contributed by atoms with Gasteiger partial charge in [-0.05, 0) is 43.7 Å². The Bertz CT molecular complexity index is 682. The van der Waals surface area contributed by atoms with Gasteiger partial charge in [0.1, 0.15) is 5.82 Å². The molecule has 2 fully saturated rings. The van der Waals surface area contributed by atoms with Crippen molar-refractivity contribution in [2.24, 2.45) is 0 Å². The van der Waals surface area contributed by atoms with Crippen LogP contribution < -0.4 is 5.32 Å². The average molecular weight is 316 g/mol. The topological polar surface area (TPSA) is 34.3 Å². The number of aromatic amines is 1. The van der Waals surface area contributed by atoms with Crippen molar-refractivity contribution in [3.63, 3.8) is 0 Å². The Labute approximate surface area is 136 Å².